The van der Waals surface area contributed by atoms with Crippen LogP contribution in [0, 0.1) is 0 Å². The third-order valence-corrected chi connectivity index (χ3v) is 9.93. The Labute approximate surface area is 279 Å². The van der Waals surface area contributed by atoms with Gasteiger partial charge in [0.15, 0.2) is 0 Å². The Morgan fingerprint density at radius 3 is 1.94 bits per heavy atom. The van der Waals surface area contributed by atoms with E-state index in [-0.39, 0.29) is 0 Å². The molecule has 0 aliphatic carbocycles. The van der Waals surface area contributed by atoms with Gasteiger partial charge in [0.25, 0.3) is 0 Å². The van der Waals surface area contributed by atoms with Crippen LogP contribution < -0.4 is 5.32 Å². The number of aromatic nitrogens is 1. The summed E-state index contributed by atoms with van der Waals surface area (Å²) in [5.41, 5.74) is 15.6. The molecule has 0 bridgehead atoms. The van der Waals surface area contributed by atoms with Crippen LogP contribution in [0.4, 0.5) is 11.4 Å². The summed E-state index contributed by atoms with van der Waals surface area (Å²) in [7, 11) is 0. The monoisotopic (exact) mass is 610 g/mol. The van der Waals surface area contributed by atoms with E-state index in [1.165, 1.54) is 82.8 Å². The van der Waals surface area contributed by atoms with E-state index in [4.69, 9.17) is 0 Å². The van der Waals surface area contributed by atoms with Crippen LogP contribution in [0.5, 0.6) is 0 Å². The topological polar surface area (TPSA) is 17.0 Å². The Morgan fingerprint density at radius 1 is 0.375 bits per heavy atom. The van der Waals surface area contributed by atoms with Crippen LogP contribution in [0.15, 0.2) is 176 Å². The second kappa shape index (κ2) is 10.6. The summed E-state index contributed by atoms with van der Waals surface area (Å²) in [5.74, 6) is 0. The van der Waals surface area contributed by atoms with Crippen molar-refractivity contribution in [2.24, 2.45) is 0 Å². The third kappa shape index (κ3) is 4.06. The molecule has 9 aromatic rings. The molecule has 224 valence electrons. The molecule has 0 saturated heterocycles. The average molecular weight is 611 g/mol. The summed E-state index contributed by atoms with van der Waals surface area (Å²) in [5, 5.41) is 8.88. The quantitative estimate of drug-likeness (QED) is 0.211. The van der Waals surface area contributed by atoms with Gasteiger partial charge in [-0.2, -0.15) is 0 Å². The summed E-state index contributed by atoms with van der Waals surface area (Å²) in [6, 6.07) is 63.9. The highest BCUT2D eigenvalue weighted by atomic mass is 15.0. The third-order valence-electron chi connectivity index (χ3n) is 9.93. The molecule has 0 atom stereocenters. The Bertz CT molecular complexity index is 2700. The second-order valence-corrected chi connectivity index (χ2v) is 12.6. The Hall–Kier alpha value is -6.38. The standard InChI is InChI=1S/C46H30N2/c1-2-15-34(16-3-1)48-44-27-25-32(29-42(44)41-26-24-30-12-4-5-17-36(30)46(41)48)31-13-10-14-33(28-31)35-21-11-22-40-38-19-7-6-18-37(38)39-20-8-9-23-43(39)47-45(35)40/h1-29,47H. The van der Waals surface area contributed by atoms with Crippen molar-refractivity contribution in [1.29, 1.82) is 0 Å². The van der Waals surface area contributed by atoms with E-state index in [1.54, 1.807) is 0 Å². The zero-order chi connectivity index (χ0) is 31.6. The SMILES string of the molecule is c1ccc(-n2c3ccc(-c4cccc(-c5cccc6c5Nc5ccccc5-c5ccccc5-6)c4)cc3c3ccc4ccccc4c32)cc1. The van der Waals surface area contributed by atoms with Gasteiger partial charge in [-0.1, -0.05) is 140 Å². The highest BCUT2D eigenvalue weighted by molar-refractivity contribution is 6.19. The molecular weight excluding hydrogens is 581 g/mol. The normalized spacial score (nSPS) is 11.9. The molecule has 10 rings (SSSR count). The zero-order valence-corrected chi connectivity index (χ0v) is 26.2. The number of fused-ring (bicyclic) bond motifs is 10. The highest BCUT2D eigenvalue weighted by Gasteiger charge is 2.21. The van der Waals surface area contributed by atoms with Crippen molar-refractivity contribution in [2.45, 2.75) is 0 Å². The molecular formula is C46H30N2. The summed E-state index contributed by atoms with van der Waals surface area (Å²) < 4.78 is 2.42. The first-order chi connectivity index (χ1) is 23.8. The molecule has 2 nitrogen and oxygen atoms in total. The fourth-order valence-corrected chi connectivity index (χ4v) is 7.74. The first kappa shape index (κ1) is 26.8. The second-order valence-electron chi connectivity index (χ2n) is 12.6. The molecule has 0 fully saturated rings. The number of hydrogen-bond acceptors (Lipinski definition) is 1. The van der Waals surface area contributed by atoms with Crippen LogP contribution in [0.25, 0.3) is 82.8 Å². The number of nitrogens with one attached hydrogen (secondary N) is 1. The van der Waals surface area contributed by atoms with Crippen molar-refractivity contribution in [1.82, 2.24) is 4.57 Å². The van der Waals surface area contributed by atoms with Gasteiger partial charge in [-0.15, -0.1) is 0 Å². The average Bonchev–Trinajstić information content (AvgIpc) is 3.42. The van der Waals surface area contributed by atoms with Crippen molar-refractivity contribution < 1.29 is 0 Å². The van der Waals surface area contributed by atoms with Crippen LogP contribution in [-0.2, 0) is 0 Å². The van der Waals surface area contributed by atoms with E-state index in [9.17, 15) is 0 Å². The van der Waals surface area contributed by atoms with Crippen LogP contribution in [0.1, 0.15) is 0 Å². The first-order valence-corrected chi connectivity index (χ1v) is 16.5. The van der Waals surface area contributed by atoms with E-state index >= 15 is 0 Å². The number of para-hydroxylation sites is 3. The van der Waals surface area contributed by atoms with Gasteiger partial charge in [0, 0.05) is 44.2 Å². The lowest BCUT2D eigenvalue weighted by Gasteiger charge is -2.16. The molecule has 0 spiro atoms. The van der Waals surface area contributed by atoms with Crippen molar-refractivity contribution >= 4 is 44.0 Å². The summed E-state index contributed by atoms with van der Waals surface area (Å²) in [6.45, 7) is 0. The van der Waals surface area contributed by atoms with Gasteiger partial charge in [-0.25, -0.2) is 0 Å². The van der Waals surface area contributed by atoms with Crippen LogP contribution in [-0.4, -0.2) is 4.57 Å². The van der Waals surface area contributed by atoms with Gasteiger partial charge in [-0.05, 0) is 69.6 Å². The molecule has 1 N–H and O–H groups in total. The number of rotatable bonds is 3. The Kier molecular flexibility index (Phi) is 5.91. The largest absolute Gasteiger partial charge is 0.354 e. The minimum absolute atomic E-state index is 1.13. The summed E-state index contributed by atoms with van der Waals surface area (Å²) in [4.78, 5) is 0. The lowest BCUT2D eigenvalue weighted by Crippen LogP contribution is -1.95. The number of benzene rings is 8. The van der Waals surface area contributed by atoms with Crippen molar-refractivity contribution in [2.75, 3.05) is 5.32 Å². The minimum atomic E-state index is 1.13. The number of nitrogens with zero attached hydrogens (tertiary/aromatic N) is 1. The van der Waals surface area contributed by atoms with Crippen LogP contribution >= 0.6 is 0 Å². The number of anilines is 2. The molecule has 1 aromatic heterocycles. The Morgan fingerprint density at radius 2 is 1.04 bits per heavy atom. The van der Waals surface area contributed by atoms with Gasteiger partial charge in [0.2, 0.25) is 0 Å². The van der Waals surface area contributed by atoms with Gasteiger partial charge < -0.3 is 9.88 Å². The van der Waals surface area contributed by atoms with Gasteiger partial charge in [0.1, 0.15) is 0 Å². The molecule has 0 unspecified atom stereocenters. The molecule has 1 aliphatic heterocycles. The van der Waals surface area contributed by atoms with Crippen LogP contribution in [0.2, 0.25) is 0 Å². The molecule has 8 aromatic carbocycles. The van der Waals surface area contributed by atoms with E-state index in [0.29, 0.717) is 0 Å². The smallest absolute Gasteiger partial charge is 0.0619 e. The molecule has 1 aliphatic rings. The molecule has 48 heavy (non-hydrogen) atoms. The molecule has 2 heterocycles. The number of hydrogen-bond donors (Lipinski definition) is 1. The maximum absolute atomic E-state index is 3.85. The van der Waals surface area contributed by atoms with Gasteiger partial charge >= 0.3 is 0 Å². The predicted octanol–water partition coefficient (Wildman–Crippen LogP) is 12.7. The predicted molar refractivity (Wildman–Crippen MR) is 203 cm³/mol. The minimum Gasteiger partial charge on any atom is -0.354 e. The van der Waals surface area contributed by atoms with E-state index in [2.05, 4.69) is 186 Å². The maximum atomic E-state index is 3.85. The molecule has 0 amide bonds. The summed E-state index contributed by atoms with van der Waals surface area (Å²) >= 11 is 0. The maximum Gasteiger partial charge on any atom is 0.0619 e. The van der Waals surface area contributed by atoms with Crippen molar-refractivity contribution in [3.63, 3.8) is 0 Å². The fourth-order valence-electron chi connectivity index (χ4n) is 7.74. The first-order valence-electron chi connectivity index (χ1n) is 16.5. The molecule has 0 radical (unpaired) electrons. The van der Waals surface area contributed by atoms with Gasteiger partial charge in [-0.3, -0.25) is 0 Å². The van der Waals surface area contributed by atoms with E-state index in [0.717, 1.165) is 11.4 Å². The fraction of sp³-hybridized carbons (Fsp3) is 0. The summed E-state index contributed by atoms with van der Waals surface area (Å²) in [6.07, 6.45) is 0. The van der Waals surface area contributed by atoms with Crippen molar-refractivity contribution in [3.8, 4) is 50.2 Å². The van der Waals surface area contributed by atoms with Crippen molar-refractivity contribution in [3.05, 3.63) is 176 Å². The molecule has 0 saturated carbocycles. The van der Waals surface area contributed by atoms with Gasteiger partial charge in [0.05, 0.1) is 16.7 Å². The lowest BCUT2D eigenvalue weighted by atomic mass is 9.91. The van der Waals surface area contributed by atoms with E-state index < -0.39 is 0 Å². The Balaban J connectivity index is 1.16. The molecule has 2 heteroatoms. The zero-order valence-electron chi connectivity index (χ0n) is 26.2. The van der Waals surface area contributed by atoms with Crippen LogP contribution in [0.3, 0.4) is 0 Å². The highest BCUT2D eigenvalue weighted by Crippen LogP contribution is 2.48. The van der Waals surface area contributed by atoms with E-state index in [1.807, 2.05) is 0 Å². The lowest BCUT2D eigenvalue weighted by molar-refractivity contribution is 1.19.